The van der Waals surface area contributed by atoms with Crippen molar-refractivity contribution in [3.05, 3.63) is 0 Å². The first kappa shape index (κ1) is 10.4. The van der Waals surface area contributed by atoms with Crippen LogP contribution in [0, 0.1) is 5.92 Å². The molecule has 2 heterocycles. The molecule has 2 nitrogen and oxygen atoms in total. The van der Waals surface area contributed by atoms with Crippen molar-refractivity contribution < 1.29 is 4.74 Å². The maximum absolute atomic E-state index is 6.23. The number of fused-ring (bicyclic) bond motifs is 2. The molecule has 0 spiro atoms. The molecule has 2 saturated heterocycles. The summed E-state index contributed by atoms with van der Waals surface area (Å²) in [6, 6.07) is 0.400. The molecular weight excluding hydrogens is 174 g/mol. The van der Waals surface area contributed by atoms with Crippen LogP contribution in [0.1, 0.15) is 51.9 Å². The van der Waals surface area contributed by atoms with E-state index in [9.17, 15) is 0 Å². The van der Waals surface area contributed by atoms with Crippen molar-refractivity contribution in [2.45, 2.75) is 70.1 Å². The summed E-state index contributed by atoms with van der Waals surface area (Å²) in [7, 11) is 0. The Bertz CT molecular complexity index is 183. The number of ether oxygens (including phenoxy) is 1. The summed E-state index contributed by atoms with van der Waals surface area (Å²) in [5, 5.41) is 0. The van der Waals surface area contributed by atoms with Crippen molar-refractivity contribution in [2.75, 3.05) is 0 Å². The first-order valence-electron chi connectivity index (χ1n) is 6.22. The van der Waals surface area contributed by atoms with Gasteiger partial charge in [0.2, 0.25) is 0 Å². The Hall–Kier alpha value is -0.0800. The number of hydrogen-bond donors (Lipinski definition) is 1. The molecule has 0 amide bonds. The molecule has 0 aromatic rings. The highest BCUT2D eigenvalue weighted by atomic mass is 16.5. The highest BCUT2D eigenvalue weighted by Crippen LogP contribution is 2.40. The van der Waals surface area contributed by atoms with Crippen molar-refractivity contribution in [3.8, 4) is 0 Å². The van der Waals surface area contributed by atoms with Gasteiger partial charge in [-0.3, -0.25) is 0 Å². The zero-order valence-electron chi connectivity index (χ0n) is 9.24. The third-order valence-corrected chi connectivity index (χ3v) is 3.84. The average molecular weight is 197 g/mol. The topological polar surface area (TPSA) is 35.2 Å². The van der Waals surface area contributed by atoms with E-state index in [-0.39, 0.29) is 0 Å². The average Bonchev–Trinajstić information content (AvgIpc) is 2.79. The number of nitrogens with two attached hydrogens (primary N) is 1. The number of rotatable bonds is 5. The van der Waals surface area contributed by atoms with Crippen molar-refractivity contribution in [1.29, 1.82) is 0 Å². The van der Waals surface area contributed by atoms with E-state index in [0.717, 1.165) is 0 Å². The van der Waals surface area contributed by atoms with Gasteiger partial charge in [0.25, 0.3) is 0 Å². The molecule has 0 radical (unpaired) electrons. The summed E-state index contributed by atoms with van der Waals surface area (Å²) in [6.07, 6.45) is 9.96. The second-order valence-corrected chi connectivity index (χ2v) is 4.93. The van der Waals surface area contributed by atoms with E-state index in [0.29, 0.717) is 24.2 Å². The van der Waals surface area contributed by atoms with Crippen LogP contribution in [0.25, 0.3) is 0 Å². The van der Waals surface area contributed by atoms with E-state index < -0.39 is 0 Å². The van der Waals surface area contributed by atoms with Crippen molar-refractivity contribution in [2.24, 2.45) is 11.7 Å². The van der Waals surface area contributed by atoms with Gasteiger partial charge in [0.1, 0.15) is 0 Å². The lowest BCUT2D eigenvalue weighted by Crippen LogP contribution is -2.36. The van der Waals surface area contributed by atoms with Gasteiger partial charge in [0.15, 0.2) is 0 Å². The molecule has 2 N–H and O–H groups in total. The Morgan fingerprint density at radius 3 is 2.79 bits per heavy atom. The summed E-state index contributed by atoms with van der Waals surface area (Å²) in [5.41, 5.74) is 6.23. The van der Waals surface area contributed by atoms with Gasteiger partial charge in [-0.05, 0) is 25.7 Å². The lowest BCUT2D eigenvalue weighted by Gasteiger charge is -2.25. The monoisotopic (exact) mass is 197 g/mol. The molecule has 2 aliphatic heterocycles. The van der Waals surface area contributed by atoms with Crippen LogP contribution in [0.15, 0.2) is 0 Å². The predicted molar refractivity (Wildman–Crippen MR) is 58.1 cm³/mol. The Balaban J connectivity index is 1.72. The summed E-state index contributed by atoms with van der Waals surface area (Å²) in [4.78, 5) is 0. The van der Waals surface area contributed by atoms with Gasteiger partial charge >= 0.3 is 0 Å². The summed E-state index contributed by atoms with van der Waals surface area (Å²) < 4.78 is 5.83. The first-order valence-corrected chi connectivity index (χ1v) is 6.22. The third kappa shape index (κ3) is 2.12. The quantitative estimate of drug-likeness (QED) is 0.687. The largest absolute Gasteiger partial charge is 0.375 e. The predicted octanol–water partition coefficient (Wildman–Crippen LogP) is 2.46. The van der Waals surface area contributed by atoms with Gasteiger partial charge in [0, 0.05) is 12.0 Å². The van der Waals surface area contributed by atoms with Gasteiger partial charge in [0.05, 0.1) is 12.2 Å². The fourth-order valence-electron chi connectivity index (χ4n) is 2.97. The SMILES string of the molecule is CCCCCC(N)C1CC2CCC1O2. The van der Waals surface area contributed by atoms with E-state index in [4.69, 9.17) is 10.5 Å². The maximum atomic E-state index is 6.23. The van der Waals surface area contributed by atoms with Gasteiger partial charge < -0.3 is 10.5 Å². The third-order valence-electron chi connectivity index (χ3n) is 3.84. The molecule has 2 heteroatoms. The summed E-state index contributed by atoms with van der Waals surface area (Å²) >= 11 is 0. The van der Waals surface area contributed by atoms with Gasteiger partial charge in [-0.15, -0.1) is 0 Å². The standard InChI is InChI=1S/C12H23NO/c1-2-3-4-5-11(13)10-8-9-6-7-12(10)14-9/h9-12H,2-8,13H2,1H3. The van der Waals surface area contributed by atoms with Crippen LogP contribution in [0.5, 0.6) is 0 Å². The Morgan fingerprint density at radius 2 is 2.21 bits per heavy atom. The smallest absolute Gasteiger partial charge is 0.0623 e. The summed E-state index contributed by atoms with van der Waals surface area (Å²) in [6.45, 7) is 2.24. The second kappa shape index (κ2) is 4.63. The highest BCUT2D eigenvalue weighted by molar-refractivity contribution is 4.93. The van der Waals surface area contributed by atoms with Crippen molar-refractivity contribution in [1.82, 2.24) is 0 Å². The van der Waals surface area contributed by atoms with Gasteiger partial charge in [-0.25, -0.2) is 0 Å². The lowest BCUT2D eigenvalue weighted by molar-refractivity contribution is 0.0878. The molecule has 82 valence electrons. The van der Waals surface area contributed by atoms with E-state index in [1.54, 1.807) is 0 Å². The minimum absolute atomic E-state index is 0.400. The summed E-state index contributed by atoms with van der Waals surface area (Å²) in [5.74, 6) is 0.672. The van der Waals surface area contributed by atoms with Gasteiger partial charge in [-0.2, -0.15) is 0 Å². The minimum Gasteiger partial charge on any atom is -0.375 e. The minimum atomic E-state index is 0.400. The molecule has 0 aliphatic carbocycles. The van der Waals surface area contributed by atoms with Crippen LogP contribution in [-0.4, -0.2) is 18.2 Å². The van der Waals surface area contributed by atoms with Crippen molar-refractivity contribution in [3.63, 3.8) is 0 Å². The van der Waals surface area contributed by atoms with Gasteiger partial charge in [-0.1, -0.05) is 26.2 Å². The normalized spacial score (nSPS) is 37.7. The van der Waals surface area contributed by atoms with Crippen LogP contribution >= 0.6 is 0 Å². The molecule has 0 saturated carbocycles. The molecule has 2 fully saturated rings. The molecule has 0 aromatic heterocycles. The molecule has 14 heavy (non-hydrogen) atoms. The molecule has 0 aromatic carbocycles. The Morgan fingerprint density at radius 1 is 1.36 bits per heavy atom. The Kier molecular flexibility index (Phi) is 3.45. The molecular formula is C12H23NO. The van der Waals surface area contributed by atoms with Crippen LogP contribution in [0.4, 0.5) is 0 Å². The van der Waals surface area contributed by atoms with Crippen LogP contribution in [-0.2, 0) is 4.74 Å². The second-order valence-electron chi connectivity index (χ2n) is 4.93. The fourth-order valence-corrected chi connectivity index (χ4v) is 2.97. The zero-order valence-corrected chi connectivity index (χ0v) is 9.24. The number of hydrogen-bond acceptors (Lipinski definition) is 2. The van der Waals surface area contributed by atoms with E-state index in [2.05, 4.69) is 6.92 Å². The van der Waals surface area contributed by atoms with E-state index in [1.807, 2.05) is 0 Å². The Labute approximate surface area is 87.2 Å². The molecule has 2 rings (SSSR count). The molecule has 2 aliphatic rings. The van der Waals surface area contributed by atoms with E-state index >= 15 is 0 Å². The first-order chi connectivity index (χ1) is 6.81. The van der Waals surface area contributed by atoms with E-state index in [1.165, 1.54) is 44.9 Å². The lowest BCUT2D eigenvalue weighted by atomic mass is 9.82. The highest BCUT2D eigenvalue weighted by Gasteiger charge is 2.42. The zero-order chi connectivity index (χ0) is 9.97. The molecule has 2 bridgehead atoms. The fraction of sp³-hybridized carbons (Fsp3) is 1.00. The van der Waals surface area contributed by atoms with Crippen LogP contribution in [0.3, 0.4) is 0 Å². The molecule has 4 unspecified atom stereocenters. The van der Waals surface area contributed by atoms with Crippen molar-refractivity contribution >= 4 is 0 Å². The maximum Gasteiger partial charge on any atom is 0.0623 e. The molecule has 4 atom stereocenters. The van der Waals surface area contributed by atoms with Crippen LogP contribution in [0.2, 0.25) is 0 Å². The van der Waals surface area contributed by atoms with Crippen LogP contribution < -0.4 is 5.73 Å². The number of unbranched alkanes of at least 4 members (excludes halogenated alkanes) is 2.